The van der Waals surface area contributed by atoms with Gasteiger partial charge in [0.2, 0.25) is 21.8 Å². The van der Waals surface area contributed by atoms with Crippen LogP contribution in [-0.2, 0) is 19.6 Å². The first-order chi connectivity index (χ1) is 14.3. The Bertz CT molecular complexity index is 881. The molecule has 0 spiro atoms. The maximum Gasteiger partial charge on any atom is 0.244 e. The number of carbonyl (C=O) groups excluding carboxylic acids is 1. The second-order valence-electron chi connectivity index (χ2n) is 7.52. The Morgan fingerprint density at radius 3 is 2.63 bits per heavy atom. The Morgan fingerprint density at radius 1 is 1.40 bits per heavy atom. The van der Waals surface area contributed by atoms with Gasteiger partial charge < -0.3 is 20.1 Å². The molecule has 1 aliphatic heterocycles. The standard InChI is InChI=1S/C19H27FN4O5S/c1-23(5-6-28-2)19(25)18-15-10-24(11-16(15)18)30(26,27)14-3-4-17(22-9-14)29-12-13(7-20)8-21/h3-4,7,9,15-16,18H,5-6,8,10-12,21H2,1-2H3/b13-7+/t15-,16+,18+. The van der Waals surface area contributed by atoms with E-state index in [1.807, 2.05) is 0 Å². The lowest BCUT2D eigenvalue weighted by molar-refractivity contribution is -0.132. The highest BCUT2D eigenvalue weighted by Gasteiger charge is 2.61. The first-order valence-electron chi connectivity index (χ1n) is 9.64. The highest BCUT2D eigenvalue weighted by molar-refractivity contribution is 7.89. The van der Waals surface area contributed by atoms with Crippen LogP contribution in [0.25, 0.3) is 0 Å². The fourth-order valence-corrected chi connectivity index (χ4v) is 5.16. The molecule has 2 N–H and O–H groups in total. The summed E-state index contributed by atoms with van der Waals surface area (Å²) in [7, 11) is -0.386. The number of halogens is 1. The summed E-state index contributed by atoms with van der Waals surface area (Å²) < 4.78 is 50.0. The molecule has 0 aromatic carbocycles. The molecule has 1 aromatic rings. The summed E-state index contributed by atoms with van der Waals surface area (Å²) in [5.74, 6) is 0.203. The Morgan fingerprint density at radius 2 is 2.10 bits per heavy atom. The maximum atomic E-state index is 12.9. The van der Waals surface area contributed by atoms with E-state index in [-0.39, 0.29) is 53.2 Å². The molecular weight excluding hydrogens is 415 g/mol. The second-order valence-corrected chi connectivity index (χ2v) is 9.46. The number of hydrogen-bond donors (Lipinski definition) is 1. The van der Waals surface area contributed by atoms with Gasteiger partial charge >= 0.3 is 0 Å². The van der Waals surface area contributed by atoms with Crippen LogP contribution in [0.5, 0.6) is 5.88 Å². The molecule has 0 bridgehead atoms. The Hall–Kier alpha value is -2.08. The van der Waals surface area contributed by atoms with E-state index < -0.39 is 10.0 Å². The number of aromatic nitrogens is 1. The van der Waals surface area contributed by atoms with Crippen molar-refractivity contribution in [3.8, 4) is 5.88 Å². The number of amides is 1. The molecule has 166 valence electrons. The average molecular weight is 443 g/mol. The highest BCUT2D eigenvalue weighted by Crippen LogP contribution is 2.53. The summed E-state index contributed by atoms with van der Waals surface area (Å²) in [5, 5.41) is 0. The van der Waals surface area contributed by atoms with Gasteiger partial charge in [0.05, 0.1) is 19.1 Å². The molecule has 11 heteroatoms. The summed E-state index contributed by atoms with van der Waals surface area (Å²) >= 11 is 0. The number of nitrogens with two attached hydrogens (primary N) is 1. The van der Waals surface area contributed by atoms with Crippen LogP contribution in [0, 0.1) is 17.8 Å². The number of nitrogens with zero attached hydrogens (tertiary/aromatic N) is 3. The van der Waals surface area contributed by atoms with Gasteiger partial charge in [-0.2, -0.15) is 4.31 Å². The second kappa shape index (κ2) is 9.38. The van der Waals surface area contributed by atoms with Crippen molar-refractivity contribution in [1.82, 2.24) is 14.2 Å². The first-order valence-corrected chi connectivity index (χ1v) is 11.1. The van der Waals surface area contributed by atoms with Crippen LogP contribution in [-0.4, -0.2) is 82.1 Å². The zero-order chi connectivity index (χ0) is 21.9. The SMILES string of the molecule is COCCN(C)C(=O)[C@H]1[C@@H]2CN(S(=O)(=O)c3ccc(OC/C(=C/F)CN)nc3)C[C@@H]21. The fourth-order valence-electron chi connectivity index (χ4n) is 3.70. The van der Waals surface area contributed by atoms with Gasteiger partial charge in [-0.3, -0.25) is 4.79 Å². The smallest absolute Gasteiger partial charge is 0.244 e. The minimum atomic E-state index is -3.70. The Labute approximate surface area is 175 Å². The molecule has 1 saturated carbocycles. The molecular formula is C19H27FN4O5S. The zero-order valence-corrected chi connectivity index (χ0v) is 17.8. The van der Waals surface area contributed by atoms with Crippen LogP contribution >= 0.6 is 0 Å². The van der Waals surface area contributed by atoms with E-state index in [2.05, 4.69) is 4.98 Å². The number of fused-ring (bicyclic) bond motifs is 1. The third-order valence-electron chi connectivity index (χ3n) is 5.62. The van der Waals surface area contributed by atoms with Crippen LogP contribution in [0.4, 0.5) is 4.39 Å². The van der Waals surface area contributed by atoms with Crippen LogP contribution in [0.3, 0.4) is 0 Å². The van der Waals surface area contributed by atoms with Gasteiger partial charge in [-0.05, 0) is 17.9 Å². The summed E-state index contributed by atoms with van der Waals surface area (Å²) in [6.45, 7) is 1.58. The molecule has 2 heterocycles. The van der Waals surface area contributed by atoms with E-state index >= 15 is 0 Å². The molecule has 1 aliphatic carbocycles. The van der Waals surface area contributed by atoms with Crippen molar-refractivity contribution in [2.75, 3.05) is 53.6 Å². The predicted octanol–water partition coefficient (Wildman–Crippen LogP) is 0.244. The predicted molar refractivity (Wildman–Crippen MR) is 107 cm³/mol. The van der Waals surface area contributed by atoms with E-state index in [0.717, 1.165) is 0 Å². The average Bonchev–Trinajstić information content (AvgIpc) is 3.24. The normalized spacial score (nSPS) is 23.9. The van der Waals surface area contributed by atoms with E-state index in [0.29, 0.717) is 32.6 Å². The van der Waals surface area contributed by atoms with Crippen molar-refractivity contribution in [1.29, 1.82) is 0 Å². The number of sulfonamides is 1. The number of pyridine rings is 1. The topological polar surface area (TPSA) is 115 Å². The first kappa shape index (κ1) is 22.6. The van der Waals surface area contributed by atoms with Gasteiger partial charge in [0.25, 0.3) is 0 Å². The van der Waals surface area contributed by atoms with Gasteiger partial charge in [-0.25, -0.2) is 17.8 Å². The van der Waals surface area contributed by atoms with Crippen molar-refractivity contribution in [2.24, 2.45) is 23.5 Å². The lowest BCUT2D eigenvalue weighted by atomic mass is 10.2. The highest BCUT2D eigenvalue weighted by atomic mass is 32.2. The van der Waals surface area contributed by atoms with Gasteiger partial charge in [0, 0.05) is 57.9 Å². The number of carbonyl (C=O) groups is 1. The summed E-state index contributed by atoms with van der Waals surface area (Å²) in [6, 6.07) is 2.83. The van der Waals surface area contributed by atoms with Gasteiger partial charge in [0.15, 0.2) is 0 Å². The van der Waals surface area contributed by atoms with E-state index in [1.54, 1.807) is 19.1 Å². The van der Waals surface area contributed by atoms with Gasteiger partial charge in [-0.15, -0.1) is 0 Å². The van der Waals surface area contributed by atoms with Crippen LogP contribution in [0.2, 0.25) is 0 Å². The number of methoxy groups -OCH3 is 1. The largest absolute Gasteiger partial charge is 0.473 e. The minimum Gasteiger partial charge on any atom is -0.473 e. The Balaban J connectivity index is 1.56. The number of hydrogen-bond acceptors (Lipinski definition) is 7. The third kappa shape index (κ3) is 4.64. The van der Waals surface area contributed by atoms with Crippen LogP contribution in [0.15, 0.2) is 35.1 Å². The third-order valence-corrected chi connectivity index (χ3v) is 7.44. The number of piperidine rings is 1. The number of likely N-dealkylation sites (N-methyl/N-ethyl adjacent to an activating group) is 1. The van der Waals surface area contributed by atoms with Gasteiger partial charge in [0.1, 0.15) is 11.5 Å². The molecule has 3 rings (SSSR count). The van der Waals surface area contributed by atoms with E-state index in [1.165, 1.54) is 22.6 Å². The summed E-state index contributed by atoms with van der Waals surface area (Å²) in [4.78, 5) is 18.2. The molecule has 3 atom stereocenters. The van der Waals surface area contributed by atoms with E-state index in [9.17, 15) is 17.6 Å². The van der Waals surface area contributed by atoms with E-state index in [4.69, 9.17) is 15.2 Å². The molecule has 0 radical (unpaired) electrons. The van der Waals surface area contributed by atoms with Crippen molar-refractivity contribution in [3.05, 3.63) is 30.2 Å². The minimum absolute atomic E-state index is 0.0198. The summed E-state index contributed by atoms with van der Waals surface area (Å²) in [5.41, 5.74) is 5.62. The van der Waals surface area contributed by atoms with Crippen molar-refractivity contribution < 1.29 is 27.1 Å². The molecule has 2 fully saturated rings. The molecule has 2 aliphatic rings. The Kier molecular flexibility index (Phi) is 7.06. The van der Waals surface area contributed by atoms with Crippen LogP contribution in [0.1, 0.15) is 0 Å². The van der Waals surface area contributed by atoms with Crippen molar-refractivity contribution >= 4 is 15.9 Å². The molecule has 1 saturated heterocycles. The fraction of sp³-hybridized carbons (Fsp3) is 0.579. The molecule has 9 nitrogen and oxygen atoms in total. The van der Waals surface area contributed by atoms with Gasteiger partial charge in [-0.1, -0.05) is 0 Å². The molecule has 1 amide bonds. The lowest BCUT2D eigenvalue weighted by Crippen LogP contribution is -2.37. The molecule has 1 aromatic heterocycles. The summed E-state index contributed by atoms with van der Waals surface area (Å²) in [6.07, 6.45) is 1.60. The quantitative estimate of drug-likeness (QED) is 0.552. The zero-order valence-electron chi connectivity index (χ0n) is 17.0. The van der Waals surface area contributed by atoms with Crippen molar-refractivity contribution in [3.63, 3.8) is 0 Å². The molecule has 30 heavy (non-hydrogen) atoms. The maximum absolute atomic E-state index is 12.9. The molecule has 0 unspecified atom stereocenters. The monoisotopic (exact) mass is 442 g/mol. The van der Waals surface area contributed by atoms with Crippen LogP contribution < -0.4 is 10.5 Å². The van der Waals surface area contributed by atoms with Crippen molar-refractivity contribution in [2.45, 2.75) is 4.90 Å². The lowest BCUT2D eigenvalue weighted by Gasteiger charge is -2.22. The number of rotatable bonds is 10. The number of ether oxygens (including phenoxy) is 2.